The van der Waals surface area contributed by atoms with Crippen molar-refractivity contribution < 1.29 is 29.6 Å². The van der Waals surface area contributed by atoms with Gasteiger partial charge in [-0.3, -0.25) is 9.59 Å². The van der Waals surface area contributed by atoms with Crippen LogP contribution in [0.15, 0.2) is 108 Å². The number of benzene rings is 3. The molecule has 3 aromatic rings. The molecule has 3 aromatic carbocycles. The van der Waals surface area contributed by atoms with Gasteiger partial charge in [0.05, 0.1) is 26.3 Å². The molecule has 0 bridgehead atoms. The number of phenolic OH excluding ortho intramolecular Hbond substituents is 1. The molecular formula is C55H72N4O6. The Morgan fingerprint density at radius 1 is 0.938 bits per heavy atom. The van der Waals surface area contributed by atoms with Gasteiger partial charge in [0.1, 0.15) is 5.78 Å². The van der Waals surface area contributed by atoms with Gasteiger partial charge in [-0.25, -0.2) is 0 Å². The van der Waals surface area contributed by atoms with E-state index in [-0.39, 0.29) is 42.3 Å². The number of methoxy groups -OCH3 is 1. The molecule has 3 heterocycles. The van der Waals surface area contributed by atoms with Crippen LogP contribution < -0.4 is 26.4 Å². The summed E-state index contributed by atoms with van der Waals surface area (Å²) in [6, 6.07) is 23.0. The highest BCUT2D eigenvalue weighted by Crippen LogP contribution is 2.46. The third-order valence-electron chi connectivity index (χ3n) is 14.5. The van der Waals surface area contributed by atoms with Crippen molar-refractivity contribution >= 4 is 17.1 Å². The summed E-state index contributed by atoms with van der Waals surface area (Å²) in [5.41, 5.74) is 13.9. The fourth-order valence-electron chi connectivity index (χ4n) is 11.2. The Kier molecular flexibility index (Phi) is 17.8. The van der Waals surface area contributed by atoms with Crippen molar-refractivity contribution in [1.29, 1.82) is 0 Å². The molecule has 1 aliphatic carbocycles. The predicted octanol–water partition coefficient (Wildman–Crippen LogP) is 7.30. The monoisotopic (exact) mass is 885 g/mol. The quantitative estimate of drug-likeness (QED) is 0.0292. The van der Waals surface area contributed by atoms with Crippen molar-refractivity contribution in [1.82, 2.24) is 16.0 Å². The fourth-order valence-corrected chi connectivity index (χ4v) is 11.2. The van der Waals surface area contributed by atoms with Crippen LogP contribution in [0.2, 0.25) is 0 Å². The van der Waals surface area contributed by atoms with E-state index in [1.54, 1.807) is 12.1 Å². The summed E-state index contributed by atoms with van der Waals surface area (Å²) in [4.78, 5) is 26.9. The van der Waals surface area contributed by atoms with Gasteiger partial charge in [0.2, 0.25) is 0 Å². The highest BCUT2D eigenvalue weighted by molar-refractivity contribution is 6.07. The van der Waals surface area contributed by atoms with E-state index in [1.807, 2.05) is 18.3 Å². The number of aliphatic hydroxyl groups excluding tert-OH is 2. The number of aliphatic hydroxyl groups is 2. The highest BCUT2D eigenvalue weighted by atomic mass is 16.5. The maximum atomic E-state index is 13.6. The average molecular weight is 885 g/mol. The minimum atomic E-state index is -0.440. The van der Waals surface area contributed by atoms with E-state index in [9.17, 15) is 24.9 Å². The Balaban J connectivity index is 0.977. The molecule has 4 aliphatic rings. The van der Waals surface area contributed by atoms with Crippen LogP contribution >= 0.6 is 0 Å². The second kappa shape index (κ2) is 24.1. The van der Waals surface area contributed by atoms with Crippen LogP contribution in [0.3, 0.4) is 0 Å². The number of dihydropyridines is 1. The summed E-state index contributed by atoms with van der Waals surface area (Å²) in [5, 5.41) is 42.2. The summed E-state index contributed by atoms with van der Waals surface area (Å²) in [5.74, 6) is 2.59. The van der Waals surface area contributed by atoms with Crippen LogP contribution in [0.5, 0.6) is 11.5 Å². The van der Waals surface area contributed by atoms with Gasteiger partial charge in [0, 0.05) is 31.8 Å². The Morgan fingerprint density at radius 2 is 1.71 bits per heavy atom. The zero-order chi connectivity index (χ0) is 45.5. The van der Waals surface area contributed by atoms with Gasteiger partial charge < -0.3 is 41.7 Å². The van der Waals surface area contributed by atoms with Gasteiger partial charge >= 0.3 is 0 Å². The molecular weight excluding hydrogens is 813 g/mol. The number of nitrogens with one attached hydrogen (secondary N) is 3. The first kappa shape index (κ1) is 48.1. The molecule has 0 amide bonds. The number of hydrogen-bond acceptors (Lipinski definition) is 10. The van der Waals surface area contributed by atoms with Gasteiger partial charge in [0.25, 0.3) is 0 Å². The lowest BCUT2D eigenvalue weighted by atomic mass is 9.60. The van der Waals surface area contributed by atoms with E-state index >= 15 is 0 Å². The minimum Gasteiger partial charge on any atom is -0.504 e. The Hall–Kier alpha value is -4.84. The third kappa shape index (κ3) is 13.4. The topological polar surface area (TPSA) is 166 Å². The van der Waals surface area contributed by atoms with E-state index in [0.29, 0.717) is 71.6 Å². The zero-order valence-corrected chi connectivity index (χ0v) is 38.4. The number of ketones is 2. The second-order valence-corrected chi connectivity index (χ2v) is 18.9. The van der Waals surface area contributed by atoms with Crippen molar-refractivity contribution in [3.05, 3.63) is 136 Å². The molecule has 2 fully saturated rings. The summed E-state index contributed by atoms with van der Waals surface area (Å²) in [7, 11) is 1.46. The molecule has 65 heavy (non-hydrogen) atoms. The van der Waals surface area contributed by atoms with Gasteiger partial charge in [-0.15, -0.1) is 0 Å². The molecule has 7 atom stereocenters. The van der Waals surface area contributed by atoms with Crippen molar-refractivity contribution in [3.63, 3.8) is 0 Å². The average Bonchev–Trinajstić information content (AvgIpc) is 3.32. The van der Waals surface area contributed by atoms with Crippen molar-refractivity contribution in [2.75, 3.05) is 40.0 Å². The molecule has 348 valence electrons. The fraction of sp³-hybridized carbons (Fsp3) is 0.491. The summed E-state index contributed by atoms with van der Waals surface area (Å²) in [6.07, 6.45) is 20.5. The number of aryl methyl sites for hydroxylation is 3. The van der Waals surface area contributed by atoms with Gasteiger partial charge in [-0.05, 0) is 182 Å². The molecule has 0 spiro atoms. The molecule has 8 N–H and O–H groups in total. The summed E-state index contributed by atoms with van der Waals surface area (Å²) < 4.78 is 5.48. The molecule has 7 rings (SSSR count). The second-order valence-electron chi connectivity index (χ2n) is 18.9. The van der Waals surface area contributed by atoms with Crippen molar-refractivity contribution in [2.24, 2.45) is 35.3 Å². The van der Waals surface area contributed by atoms with Crippen LogP contribution in [0, 0.1) is 29.6 Å². The number of phenols is 1. The molecule has 0 radical (unpaired) electrons. The first-order chi connectivity index (χ1) is 31.7. The molecule has 1 saturated carbocycles. The number of carbonyl (C=O) groups excluding carboxylic acids is 2. The van der Waals surface area contributed by atoms with Gasteiger partial charge in [-0.2, -0.15) is 0 Å². The van der Waals surface area contributed by atoms with Crippen LogP contribution in [-0.2, 0) is 35.3 Å². The Morgan fingerprint density at radius 3 is 2.49 bits per heavy atom. The first-order valence-corrected chi connectivity index (χ1v) is 24.2. The number of allylic oxidation sites excluding steroid dienone is 3. The maximum Gasteiger partial charge on any atom is 0.163 e. The van der Waals surface area contributed by atoms with Gasteiger partial charge in [-0.1, -0.05) is 73.2 Å². The van der Waals surface area contributed by atoms with Crippen molar-refractivity contribution in [3.8, 4) is 11.5 Å². The van der Waals surface area contributed by atoms with Crippen LogP contribution in [0.4, 0.5) is 0 Å². The number of carbonyl (C=O) groups is 2. The van der Waals surface area contributed by atoms with Crippen molar-refractivity contribution in [2.45, 2.75) is 102 Å². The van der Waals surface area contributed by atoms with Crippen LogP contribution in [-0.4, -0.2) is 79.1 Å². The minimum absolute atomic E-state index is 0.0491. The smallest absolute Gasteiger partial charge is 0.163 e. The lowest BCUT2D eigenvalue weighted by molar-refractivity contribution is -0.124. The molecule has 1 saturated heterocycles. The molecule has 10 nitrogen and oxygen atoms in total. The largest absolute Gasteiger partial charge is 0.504 e. The summed E-state index contributed by atoms with van der Waals surface area (Å²) >= 11 is 0. The number of Topliss-reactive ketones (excluding diaryl/α,β-unsaturated/α-hetero) is 1. The number of fused-ring (bicyclic) bond motifs is 2. The van der Waals surface area contributed by atoms with E-state index in [4.69, 9.17) is 10.5 Å². The SMILES string of the molecule is COc1cc(C(=CC(=O)CC(=O)CCCC(CCCO)CC2C3CCNCC3CC3C=CCNC32)CO)c(CC2=CNC(N)C=C2CCc2cccc(CCc3ccccc3)c2)cc1O. The molecule has 10 heteroatoms. The lowest BCUT2D eigenvalue weighted by Gasteiger charge is -2.51. The Labute approximate surface area is 386 Å². The standard InChI is InChI=1S/C55H72N4O6/c1-65-53-33-50(43(30-52(53)64)28-44-35-59-54(56)31-41(44)20-19-40-12-5-11-39(25-40)18-17-37-9-3-2-4-10-37)46(36-61)29-48(63)32-47(62)16-6-13-38(14-8-24-60)26-51-49-21-23-57-34-45(49)27-42-15-7-22-58-55(42)51/h2-5,7,9-12,15,25,29-31,33,35,38,42,45,49,51,54-55,57-61,64H,6,8,13-14,16-24,26-28,32,34,36,56H2,1H3. The number of nitrogens with two attached hydrogens (primary N) is 1. The Bertz CT molecular complexity index is 2180. The number of aromatic hydroxyl groups is 1. The number of hydrogen-bond donors (Lipinski definition) is 7. The van der Waals surface area contributed by atoms with Crippen LogP contribution in [0.25, 0.3) is 5.57 Å². The molecule has 7 unspecified atom stereocenters. The first-order valence-electron chi connectivity index (χ1n) is 24.2. The van der Waals surface area contributed by atoms with E-state index in [2.05, 4.69) is 76.6 Å². The normalized spacial score (nSPS) is 23.4. The number of rotatable bonds is 23. The van der Waals surface area contributed by atoms with E-state index < -0.39 is 6.61 Å². The molecule has 3 aliphatic heterocycles. The van der Waals surface area contributed by atoms with E-state index in [0.717, 1.165) is 82.1 Å². The van der Waals surface area contributed by atoms with E-state index in [1.165, 1.54) is 42.7 Å². The third-order valence-corrected chi connectivity index (χ3v) is 14.5. The highest BCUT2D eigenvalue weighted by Gasteiger charge is 2.45. The van der Waals surface area contributed by atoms with Gasteiger partial charge in [0.15, 0.2) is 17.3 Å². The number of ether oxygens (including phenoxy) is 1. The number of piperidine rings is 1. The lowest BCUT2D eigenvalue weighted by Crippen LogP contribution is -2.56. The van der Waals surface area contributed by atoms with Crippen LogP contribution in [0.1, 0.15) is 92.0 Å². The maximum absolute atomic E-state index is 13.6. The molecule has 0 aromatic heterocycles. The zero-order valence-electron chi connectivity index (χ0n) is 38.4. The summed E-state index contributed by atoms with van der Waals surface area (Å²) in [6.45, 7) is 2.80. The predicted molar refractivity (Wildman–Crippen MR) is 259 cm³/mol.